The highest BCUT2D eigenvalue weighted by atomic mass is 35.5. The first-order valence-corrected chi connectivity index (χ1v) is 10.7. The van der Waals surface area contributed by atoms with Gasteiger partial charge in [-0.2, -0.15) is 0 Å². The van der Waals surface area contributed by atoms with E-state index < -0.39 is 0 Å². The molecule has 0 atom stereocenters. The summed E-state index contributed by atoms with van der Waals surface area (Å²) < 4.78 is 3.41. The van der Waals surface area contributed by atoms with E-state index in [1.807, 2.05) is 50.2 Å². The number of benzene rings is 1. The number of halogens is 1. The topological polar surface area (TPSA) is 94.3 Å². The number of aromatic nitrogens is 7. The molecule has 31 heavy (non-hydrogen) atoms. The Morgan fingerprint density at radius 1 is 1.13 bits per heavy atom. The number of imidazole rings is 1. The van der Waals surface area contributed by atoms with Gasteiger partial charge in [-0.15, -0.1) is 5.10 Å². The van der Waals surface area contributed by atoms with Gasteiger partial charge in [0.2, 0.25) is 0 Å². The molecule has 0 aliphatic carbocycles. The van der Waals surface area contributed by atoms with E-state index in [4.69, 9.17) is 11.6 Å². The van der Waals surface area contributed by atoms with Gasteiger partial charge in [-0.1, -0.05) is 55.3 Å². The minimum absolute atomic E-state index is 0.000519. The van der Waals surface area contributed by atoms with Crippen molar-refractivity contribution in [1.82, 2.24) is 34.7 Å². The smallest absolute Gasteiger partial charge is 0.290 e. The predicted molar refractivity (Wildman–Crippen MR) is 120 cm³/mol. The number of nitrogens with zero attached hydrogens (tertiary/aromatic N) is 6. The lowest BCUT2D eigenvalue weighted by Crippen LogP contribution is -2.26. The molecule has 8 nitrogen and oxygen atoms in total. The zero-order valence-corrected chi connectivity index (χ0v) is 18.5. The maximum atomic E-state index is 13.0. The van der Waals surface area contributed by atoms with Crippen molar-refractivity contribution in [2.75, 3.05) is 0 Å². The first-order valence-electron chi connectivity index (χ1n) is 10.3. The van der Waals surface area contributed by atoms with Crippen LogP contribution in [-0.2, 0) is 13.0 Å². The van der Waals surface area contributed by atoms with E-state index in [-0.39, 0.29) is 11.7 Å². The number of hydrogen-bond donors (Lipinski definition) is 1. The van der Waals surface area contributed by atoms with Gasteiger partial charge in [0.25, 0.3) is 0 Å². The minimum atomic E-state index is -0.0873. The summed E-state index contributed by atoms with van der Waals surface area (Å²) in [7, 11) is 0. The molecule has 1 aromatic carbocycles. The molecule has 0 bridgehead atoms. The summed E-state index contributed by atoms with van der Waals surface area (Å²) in [5, 5.41) is 14.7. The maximum absolute atomic E-state index is 13.0. The van der Waals surface area contributed by atoms with Crippen LogP contribution in [0.1, 0.15) is 44.5 Å². The van der Waals surface area contributed by atoms with Crippen LogP contribution in [0, 0.1) is 0 Å². The molecular weight excluding hydrogens is 414 g/mol. The molecule has 0 saturated heterocycles. The van der Waals surface area contributed by atoms with Crippen LogP contribution in [0.25, 0.3) is 22.6 Å². The van der Waals surface area contributed by atoms with Gasteiger partial charge in [-0.05, 0) is 42.3 Å². The highest BCUT2D eigenvalue weighted by Gasteiger charge is 2.20. The SMILES string of the molecule is CCCc1c(Cl)n(C(C)C)c(=O)n1Cc1ccc(-c2ccccc2-c2nnn[nH]2)nc1. The second-order valence-electron chi connectivity index (χ2n) is 7.67. The molecular formula is C22H24ClN7O. The molecule has 0 aliphatic heterocycles. The van der Waals surface area contributed by atoms with E-state index in [1.54, 1.807) is 15.3 Å². The largest absolute Gasteiger partial charge is 0.330 e. The van der Waals surface area contributed by atoms with E-state index >= 15 is 0 Å². The standard InChI is InChI=1S/C22H24ClN7O/c1-4-7-19-20(23)30(14(2)3)22(31)29(19)13-15-10-11-18(24-12-15)16-8-5-6-9-17(16)21-25-27-28-26-21/h5-6,8-12,14H,4,7,13H2,1-3H3,(H,25,26,27,28). The highest BCUT2D eigenvalue weighted by molar-refractivity contribution is 6.30. The first kappa shape index (κ1) is 21.0. The van der Waals surface area contributed by atoms with E-state index in [0.717, 1.165) is 40.9 Å². The van der Waals surface area contributed by atoms with Crippen LogP contribution < -0.4 is 5.69 Å². The van der Waals surface area contributed by atoms with E-state index in [1.165, 1.54) is 0 Å². The van der Waals surface area contributed by atoms with Gasteiger partial charge in [0.15, 0.2) is 5.82 Å². The molecule has 3 aromatic heterocycles. The Bertz CT molecular complexity index is 1220. The van der Waals surface area contributed by atoms with Gasteiger partial charge in [0, 0.05) is 23.4 Å². The second kappa shape index (κ2) is 8.85. The van der Waals surface area contributed by atoms with Crippen molar-refractivity contribution >= 4 is 11.6 Å². The normalized spacial score (nSPS) is 11.4. The average molecular weight is 438 g/mol. The summed E-state index contributed by atoms with van der Waals surface area (Å²) >= 11 is 6.55. The first-order chi connectivity index (χ1) is 15.0. The fourth-order valence-corrected chi connectivity index (χ4v) is 4.18. The molecule has 0 aliphatic rings. The van der Waals surface area contributed by atoms with Crippen LogP contribution in [0.3, 0.4) is 0 Å². The number of nitrogens with one attached hydrogen (secondary N) is 1. The zero-order chi connectivity index (χ0) is 22.0. The monoisotopic (exact) mass is 437 g/mol. The van der Waals surface area contributed by atoms with E-state index in [0.29, 0.717) is 17.5 Å². The number of H-pyrrole nitrogens is 1. The number of pyridine rings is 1. The predicted octanol–water partition coefficient (Wildman–Crippen LogP) is 4.13. The van der Waals surface area contributed by atoms with Gasteiger partial charge in [-0.3, -0.25) is 14.1 Å². The third-order valence-electron chi connectivity index (χ3n) is 5.18. The molecule has 0 amide bonds. The molecule has 0 saturated carbocycles. The number of hydrogen-bond acceptors (Lipinski definition) is 5. The van der Waals surface area contributed by atoms with Crippen molar-refractivity contribution in [3.8, 4) is 22.6 Å². The fraction of sp³-hybridized carbons (Fsp3) is 0.318. The van der Waals surface area contributed by atoms with Crippen molar-refractivity contribution in [2.45, 2.75) is 46.2 Å². The molecule has 4 aromatic rings. The Kier molecular flexibility index (Phi) is 5.99. The molecule has 9 heteroatoms. The summed E-state index contributed by atoms with van der Waals surface area (Å²) in [5.74, 6) is 0.585. The van der Waals surface area contributed by atoms with E-state index in [2.05, 4.69) is 32.5 Å². The van der Waals surface area contributed by atoms with Gasteiger partial charge >= 0.3 is 5.69 Å². The number of aromatic amines is 1. The van der Waals surface area contributed by atoms with Crippen molar-refractivity contribution in [1.29, 1.82) is 0 Å². The molecule has 4 rings (SSSR count). The Labute approximate surface area is 184 Å². The van der Waals surface area contributed by atoms with E-state index in [9.17, 15) is 4.79 Å². The molecule has 0 spiro atoms. The van der Waals surface area contributed by atoms with Crippen molar-refractivity contribution < 1.29 is 0 Å². The van der Waals surface area contributed by atoms with Gasteiger partial charge < -0.3 is 0 Å². The summed E-state index contributed by atoms with van der Waals surface area (Å²) in [5.41, 5.74) is 4.31. The molecule has 0 unspecified atom stereocenters. The van der Waals surface area contributed by atoms with Crippen LogP contribution in [-0.4, -0.2) is 34.7 Å². The number of tetrazole rings is 1. The second-order valence-corrected chi connectivity index (χ2v) is 8.03. The van der Waals surface area contributed by atoms with Crippen LogP contribution in [0.15, 0.2) is 47.4 Å². The Balaban J connectivity index is 1.67. The van der Waals surface area contributed by atoms with Crippen LogP contribution >= 0.6 is 11.6 Å². The molecule has 0 radical (unpaired) electrons. The zero-order valence-electron chi connectivity index (χ0n) is 17.7. The average Bonchev–Trinajstić information content (AvgIpc) is 3.38. The van der Waals surface area contributed by atoms with Crippen molar-refractivity contribution in [2.24, 2.45) is 0 Å². The molecule has 160 valence electrons. The minimum Gasteiger partial charge on any atom is -0.290 e. The summed E-state index contributed by atoms with van der Waals surface area (Å²) in [6.07, 6.45) is 3.46. The number of rotatable bonds is 7. The Hall–Kier alpha value is -3.26. The summed E-state index contributed by atoms with van der Waals surface area (Å²) in [4.78, 5) is 17.6. The summed E-state index contributed by atoms with van der Waals surface area (Å²) in [6, 6.07) is 11.7. The van der Waals surface area contributed by atoms with Crippen LogP contribution in [0.2, 0.25) is 5.15 Å². The lowest BCUT2D eigenvalue weighted by Gasteiger charge is -2.09. The van der Waals surface area contributed by atoms with Gasteiger partial charge in [-0.25, -0.2) is 9.89 Å². The van der Waals surface area contributed by atoms with Gasteiger partial charge in [0.05, 0.1) is 17.9 Å². The Morgan fingerprint density at radius 3 is 2.52 bits per heavy atom. The quantitative estimate of drug-likeness (QED) is 0.469. The molecule has 3 heterocycles. The van der Waals surface area contributed by atoms with Crippen LogP contribution in [0.4, 0.5) is 0 Å². The van der Waals surface area contributed by atoms with Crippen molar-refractivity contribution in [3.63, 3.8) is 0 Å². The lowest BCUT2D eigenvalue weighted by atomic mass is 10.0. The molecule has 0 fully saturated rings. The third-order valence-corrected chi connectivity index (χ3v) is 5.58. The van der Waals surface area contributed by atoms with Gasteiger partial charge in [0.1, 0.15) is 5.15 Å². The van der Waals surface area contributed by atoms with Crippen molar-refractivity contribution in [3.05, 3.63) is 69.5 Å². The van der Waals surface area contributed by atoms with Crippen LogP contribution in [0.5, 0.6) is 0 Å². The maximum Gasteiger partial charge on any atom is 0.330 e. The molecule has 1 N–H and O–H groups in total. The lowest BCUT2D eigenvalue weighted by molar-refractivity contribution is 0.560. The Morgan fingerprint density at radius 2 is 1.90 bits per heavy atom. The highest BCUT2D eigenvalue weighted by Crippen LogP contribution is 2.28. The fourth-order valence-electron chi connectivity index (χ4n) is 3.71. The third kappa shape index (κ3) is 4.03. The summed E-state index contributed by atoms with van der Waals surface area (Å²) in [6.45, 7) is 6.43.